The summed E-state index contributed by atoms with van der Waals surface area (Å²) in [6, 6.07) is 2.06. The Bertz CT molecular complexity index is 686. The lowest BCUT2D eigenvalue weighted by molar-refractivity contribution is -0.132. The van der Waals surface area contributed by atoms with Gasteiger partial charge in [0.1, 0.15) is 0 Å². The van der Waals surface area contributed by atoms with Gasteiger partial charge in [0.15, 0.2) is 11.5 Å². The Balaban J connectivity index is 2.23. The van der Waals surface area contributed by atoms with Crippen LogP contribution in [0, 0.1) is 6.92 Å². The summed E-state index contributed by atoms with van der Waals surface area (Å²) in [6.45, 7) is 3.89. The second-order valence-electron chi connectivity index (χ2n) is 6.33. The van der Waals surface area contributed by atoms with Crippen LogP contribution >= 0.6 is 0 Å². The van der Waals surface area contributed by atoms with Gasteiger partial charge in [0.05, 0.1) is 13.2 Å². The third-order valence-electron chi connectivity index (χ3n) is 4.86. The minimum absolute atomic E-state index is 0.00435. The maximum Gasteiger partial charge on any atom is 0.308 e. The fourth-order valence-corrected chi connectivity index (χ4v) is 3.72. The molecule has 124 valence electrons. The van der Waals surface area contributed by atoms with Gasteiger partial charge in [-0.3, -0.25) is 14.5 Å². The van der Waals surface area contributed by atoms with Crippen molar-refractivity contribution in [1.82, 2.24) is 9.80 Å². The number of ether oxygens (including phenoxy) is 2. The molecule has 2 atom stereocenters. The lowest BCUT2D eigenvalue weighted by Crippen LogP contribution is -2.31. The Morgan fingerprint density at radius 2 is 1.96 bits per heavy atom. The highest BCUT2D eigenvalue weighted by Crippen LogP contribution is 2.52. The summed E-state index contributed by atoms with van der Waals surface area (Å²) in [5, 5.41) is 0. The van der Waals surface area contributed by atoms with Gasteiger partial charge in [-0.05, 0) is 25.1 Å². The molecule has 1 aromatic carbocycles. The van der Waals surface area contributed by atoms with Crippen molar-refractivity contribution in [2.75, 3.05) is 27.7 Å². The standard InChI is InChI=1S/C17H22N2O4/c1-9-6-11-12-7-14(21)18(3)8-13(19(12)4)15(11)17(16(9)22-5)23-10(2)20/h6,12-13H,7-8H2,1-5H3. The third-order valence-corrected chi connectivity index (χ3v) is 4.86. The molecule has 2 unspecified atom stereocenters. The number of carbonyl (C=O) groups excluding carboxylic acids is 2. The van der Waals surface area contributed by atoms with Crippen LogP contribution in [0.5, 0.6) is 11.5 Å². The molecule has 2 aliphatic heterocycles. The summed E-state index contributed by atoms with van der Waals surface area (Å²) in [7, 11) is 5.41. The molecular weight excluding hydrogens is 296 g/mol. The predicted molar refractivity (Wildman–Crippen MR) is 84.5 cm³/mol. The highest BCUT2D eigenvalue weighted by Gasteiger charge is 2.44. The first kappa shape index (κ1) is 15.8. The number of hydrogen-bond acceptors (Lipinski definition) is 5. The van der Waals surface area contributed by atoms with Crippen molar-refractivity contribution in [3.05, 3.63) is 22.8 Å². The minimum atomic E-state index is -0.373. The topological polar surface area (TPSA) is 59.1 Å². The summed E-state index contributed by atoms with van der Waals surface area (Å²) in [5.74, 6) is 0.851. The lowest BCUT2D eigenvalue weighted by atomic mass is 9.94. The van der Waals surface area contributed by atoms with Gasteiger partial charge in [0.2, 0.25) is 5.91 Å². The van der Waals surface area contributed by atoms with Gasteiger partial charge in [-0.15, -0.1) is 0 Å². The van der Waals surface area contributed by atoms with E-state index in [4.69, 9.17) is 9.47 Å². The first-order valence-electron chi connectivity index (χ1n) is 7.70. The molecule has 1 aromatic rings. The molecule has 0 saturated carbocycles. The zero-order valence-electron chi connectivity index (χ0n) is 14.2. The summed E-state index contributed by atoms with van der Waals surface area (Å²) >= 11 is 0. The monoisotopic (exact) mass is 318 g/mol. The highest BCUT2D eigenvalue weighted by atomic mass is 16.6. The molecule has 23 heavy (non-hydrogen) atoms. The van der Waals surface area contributed by atoms with E-state index in [9.17, 15) is 9.59 Å². The molecule has 0 N–H and O–H groups in total. The van der Waals surface area contributed by atoms with E-state index in [1.807, 2.05) is 21.0 Å². The number of carbonyl (C=O) groups is 2. The van der Waals surface area contributed by atoms with Crippen LogP contribution in [0.4, 0.5) is 0 Å². The van der Waals surface area contributed by atoms with Gasteiger partial charge in [-0.1, -0.05) is 6.07 Å². The van der Waals surface area contributed by atoms with Crippen molar-refractivity contribution in [2.45, 2.75) is 32.4 Å². The Morgan fingerprint density at radius 1 is 1.26 bits per heavy atom. The van der Waals surface area contributed by atoms with Crippen molar-refractivity contribution >= 4 is 11.9 Å². The van der Waals surface area contributed by atoms with Crippen LogP contribution in [-0.4, -0.2) is 49.4 Å². The number of amides is 1. The number of benzene rings is 1. The summed E-state index contributed by atoms with van der Waals surface area (Å²) in [6.07, 6.45) is 0.432. The van der Waals surface area contributed by atoms with Crippen molar-refractivity contribution in [2.24, 2.45) is 0 Å². The van der Waals surface area contributed by atoms with E-state index in [1.54, 1.807) is 12.0 Å². The predicted octanol–water partition coefficient (Wildman–Crippen LogP) is 1.82. The summed E-state index contributed by atoms with van der Waals surface area (Å²) in [4.78, 5) is 27.8. The van der Waals surface area contributed by atoms with Gasteiger partial charge >= 0.3 is 5.97 Å². The number of rotatable bonds is 2. The zero-order chi connectivity index (χ0) is 16.9. The molecule has 2 aliphatic rings. The maximum atomic E-state index is 12.2. The van der Waals surface area contributed by atoms with Gasteiger partial charge in [-0.2, -0.15) is 0 Å². The Hall–Kier alpha value is -2.08. The van der Waals surface area contributed by atoms with Crippen LogP contribution < -0.4 is 9.47 Å². The number of hydrogen-bond donors (Lipinski definition) is 0. The minimum Gasteiger partial charge on any atom is -0.493 e. The Kier molecular flexibility index (Phi) is 3.80. The van der Waals surface area contributed by atoms with E-state index in [-0.39, 0.29) is 24.0 Å². The highest BCUT2D eigenvalue weighted by molar-refractivity contribution is 5.79. The molecular formula is C17H22N2O4. The number of nitrogens with zero attached hydrogens (tertiary/aromatic N) is 2. The van der Waals surface area contributed by atoms with Crippen molar-refractivity contribution in [3.63, 3.8) is 0 Å². The van der Waals surface area contributed by atoms with E-state index in [2.05, 4.69) is 11.0 Å². The number of methoxy groups -OCH3 is 1. The van der Waals surface area contributed by atoms with E-state index < -0.39 is 0 Å². The molecule has 1 fully saturated rings. The van der Waals surface area contributed by atoms with Gasteiger partial charge in [0.25, 0.3) is 0 Å². The van der Waals surface area contributed by atoms with Crippen LogP contribution in [0.15, 0.2) is 6.07 Å². The molecule has 3 rings (SSSR count). The molecule has 1 saturated heterocycles. The molecule has 0 aliphatic carbocycles. The first-order valence-corrected chi connectivity index (χ1v) is 7.70. The normalized spacial score (nSPS) is 23.5. The smallest absolute Gasteiger partial charge is 0.308 e. The fraction of sp³-hybridized carbons (Fsp3) is 0.529. The van der Waals surface area contributed by atoms with Crippen molar-refractivity contribution < 1.29 is 19.1 Å². The molecule has 0 radical (unpaired) electrons. The van der Waals surface area contributed by atoms with Crippen LogP contribution in [0.3, 0.4) is 0 Å². The number of fused-ring (bicyclic) bond motifs is 5. The van der Waals surface area contributed by atoms with Crippen LogP contribution in [0.2, 0.25) is 0 Å². The quantitative estimate of drug-likeness (QED) is 0.615. The first-order chi connectivity index (χ1) is 10.8. The SMILES string of the molecule is COc1c(C)cc2c(c1OC(C)=O)C1CN(C)C(=O)CC2N1C. The molecule has 6 nitrogen and oxygen atoms in total. The average molecular weight is 318 g/mol. The van der Waals surface area contributed by atoms with Crippen LogP contribution in [0.25, 0.3) is 0 Å². The number of esters is 1. The van der Waals surface area contributed by atoms with Gasteiger partial charge in [-0.25, -0.2) is 0 Å². The molecule has 2 heterocycles. The summed E-state index contributed by atoms with van der Waals surface area (Å²) in [5.41, 5.74) is 2.94. The van der Waals surface area contributed by atoms with E-state index in [0.29, 0.717) is 24.5 Å². The Labute approximate surface area is 136 Å². The molecule has 6 heteroatoms. The Morgan fingerprint density at radius 3 is 2.57 bits per heavy atom. The third kappa shape index (κ3) is 2.37. The van der Waals surface area contributed by atoms with Crippen LogP contribution in [-0.2, 0) is 9.59 Å². The average Bonchev–Trinajstić information content (AvgIpc) is 2.65. The van der Waals surface area contributed by atoms with E-state index >= 15 is 0 Å². The van der Waals surface area contributed by atoms with Crippen molar-refractivity contribution in [1.29, 1.82) is 0 Å². The van der Waals surface area contributed by atoms with E-state index in [1.165, 1.54) is 6.92 Å². The maximum absolute atomic E-state index is 12.2. The fourth-order valence-electron chi connectivity index (χ4n) is 3.72. The zero-order valence-corrected chi connectivity index (χ0v) is 14.2. The number of aryl methyl sites for hydroxylation is 1. The van der Waals surface area contributed by atoms with Gasteiger partial charge in [0, 0.05) is 38.5 Å². The van der Waals surface area contributed by atoms with E-state index in [0.717, 1.165) is 16.7 Å². The second-order valence-corrected chi connectivity index (χ2v) is 6.33. The lowest BCUT2D eigenvalue weighted by Gasteiger charge is -2.25. The second kappa shape index (κ2) is 5.53. The molecule has 2 bridgehead atoms. The molecule has 1 amide bonds. The molecule has 0 spiro atoms. The van der Waals surface area contributed by atoms with Gasteiger partial charge < -0.3 is 14.4 Å². The van der Waals surface area contributed by atoms with Crippen LogP contribution in [0.1, 0.15) is 42.1 Å². The summed E-state index contributed by atoms with van der Waals surface area (Å²) < 4.78 is 11.0. The largest absolute Gasteiger partial charge is 0.493 e. The number of likely N-dealkylation sites (N-methyl/N-ethyl adjacent to an activating group) is 2. The van der Waals surface area contributed by atoms with Crippen molar-refractivity contribution in [3.8, 4) is 11.5 Å². The molecule has 0 aromatic heterocycles.